The van der Waals surface area contributed by atoms with Gasteiger partial charge >= 0.3 is 0 Å². The molecule has 1 amide bonds. The molecule has 2 aromatic heterocycles. The van der Waals surface area contributed by atoms with Crippen molar-refractivity contribution in [2.45, 2.75) is 37.4 Å². The standard InChI is InChI=1S/C26H22N4O3/c1-25-26(27,12-31)10-18(33-25)29-16-8-4-2-6-13(16)20-21-15(11-28-24(21)32)19-14-7-3-5-9-17(14)30(25)23(19)22(20)29/h2-9,18,31H,10-12,27H2,1H3,(H,28,32)/t18?,25?,26-/m0/s1. The molecule has 7 heteroatoms. The summed E-state index contributed by atoms with van der Waals surface area (Å²) in [5.74, 6) is -0.0308. The number of nitrogens with two attached hydrogens (primary N) is 1. The van der Waals surface area contributed by atoms with Crippen molar-refractivity contribution in [3.8, 4) is 0 Å². The highest BCUT2D eigenvalue weighted by Gasteiger charge is 2.59. The van der Waals surface area contributed by atoms with Crippen molar-refractivity contribution in [2.75, 3.05) is 6.61 Å². The average molecular weight is 438 g/mol. The first kappa shape index (κ1) is 18.1. The average Bonchev–Trinajstić information content (AvgIpc) is 3.51. The molecule has 3 aromatic carbocycles. The van der Waals surface area contributed by atoms with Gasteiger partial charge in [-0.3, -0.25) is 4.79 Å². The molecular weight excluding hydrogens is 416 g/mol. The zero-order valence-corrected chi connectivity index (χ0v) is 18.1. The van der Waals surface area contributed by atoms with E-state index in [2.05, 4.69) is 38.7 Å². The van der Waals surface area contributed by atoms with E-state index in [1.807, 2.05) is 31.2 Å². The Kier molecular flexibility index (Phi) is 2.95. The predicted octanol–water partition coefficient (Wildman–Crippen LogP) is 3.44. The van der Waals surface area contributed by atoms with Crippen LogP contribution in [0.1, 0.15) is 35.5 Å². The van der Waals surface area contributed by atoms with Gasteiger partial charge in [0.05, 0.1) is 39.8 Å². The van der Waals surface area contributed by atoms with E-state index in [0.717, 1.165) is 54.7 Å². The summed E-state index contributed by atoms with van der Waals surface area (Å²) in [5, 5.41) is 17.7. The Hall–Kier alpha value is -3.39. The molecule has 1 saturated heterocycles. The van der Waals surface area contributed by atoms with Crippen molar-refractivity contribution in [3.63, 3.8) is 0 Å². The van der Waals surface area contributed by atoms with E-state index in [4.69, 9.17) is 10.5 Å². The molecule has 3 aliphatic rings. The Morgan fingerprint density at radius 2 is 1.79 bits per heavy atom. The number of hydrogen-bond donors (Lipinski definition) is 3. The molecular formula is C26H22N4O3. The Labute approximate surface area is 188 Å². The van der Waals surface area contributed by atoms with Gasteiger partial charge in [0.15, 0.2) is 5.72 Å². The maximum atomic E-state index is 13.2. The molecule has 3 atom stereocenters. The zero-order chi connectivity index (χ0) is 22.3. The van der Waals surface area contributed by atoms with E-state index in [-0.39, 0.29) is 18.7 Å². The minimum atomic E-state index is -0.977. The number of aromatic nitrogens is 2. The number of aliphatic hydroxyl groups excluding tert-OH is 1. The van der Waals surface area contributed by atoms with Crippen molar-refractivity contribution in [1.29, 1.82) is 0 Å². The number of para-hydroxylation sites is 2. The summed E-state index contributed by atoms with van der Waals surface area (Å²) in [6.07, 6.45) is 0.101. The summed E-state index contributed by atoms with van der Waals surface area (Å²) >= 11 is 0. The highest BCUT2D eigenvalue weighted by Crippen LogP contribution is 2.56. The van der Waals surface area contributed by atoms with Crippen LogP contribution in [0.4, 0.5) is 0 Å². The quantitative estimate of drug-likeness (QED) is 0.374. The monoisotopic (exact) mass is 438 g/mol. The van der Waals surface area contributed by atoms with Gasteiger partial charge in [0, 0.05) is 34.5 Å². The van der Waals surface area contributed by atoms with Crippen LogP contribution >= 0.6 is 0 Å². The first-order chi connectivity index (χ1) is 16.0. The highest BCUT2D eigenvalue weighted by atomic mass is 16.5. The van der Waals surface area contributed by atoms with Gasteiger partial charge < -0.3 is 30.0 Å². The minimum absolute atomic E-state index is 0.0308. The zero-order valence-electron chi connectivity index (χ0n) is 18.1. The fourth-order valence-electron chi connectivity index (χ4n) is 6.78. The van der Waals surface area contributed by atoms with Crippen molar-refractivity contribution in [3.05, 3.63) is 59.7 Å². The fourth-order valence-corrected chi connectivity index (χ4v) is 6.78. The van der Waals surface area contributed by atoms with Crippen molar-refractivity contribution in [1.82, 2.24) is 14.5 Å². The molecule has 0 spiro atoms. The van der Waals surface area contributed by atoms with Crippen molar-refractivity contribution >= 4 is 49.5 Å². The Morgan fingerprint density at radius 3 is 2.55 bits per heavy atom. The van der Waals surface area contributed by atoms with Crippen LogP contribution in [0.5, 0.6) is 0 Å². The maximum Gasteiger partial charge on any atom is 0.252 e. The van der Waals surface area contributed by atoms with Crippen LogP contribution in [0.15, 0.2) is 48.5 Å². The molecule has 5 heterocycles. The largest absolute Gasteiger partial charge is 0.394 e. The number of nitrogens with zero attached hydrogens (tertiary/aromatic N) is 2. The smallest absolute Gasteiger partial charge is 0.252 e. The number of carbonyl (C=O) groups excluding carboxylic acids is 1. The van der Waals surface area contributed by atoms with Crippen LogP contribution in [0.3, 0.4) is 0 Å². The van der Waals surface area contributed by atoms with Crippen LogP contribution < -0.4 is 11.1 Å². The molecule has 0 radical (unpaired) electrons. The number of ether oxygens (including phenoxy) is 1. The van der Waals surface area contributed by atoms with Gasteiger partial charge in [0.25, 0.3) is 5.91 Å². The molecule has 4 N–H and O–H groups in total. The van der Waals surface area contributed by atoms with Crippen LogP contribution in [0.2, 0.25) is 0 Å². The second kappa shape index (κ2) is 5.39. The van der Waals surface area contributed by atoms with E-state index in [1.165, 1.54) is 0 Å². The van der Waals surface area contributed by atoms with Crippen molar-refractivity contribution in [2.24, 2.45) is 5.73 Å². The highest BCUT2D eigenvalue weighted by molar-refractivity contribution is 6.31. The molecule has 164 valence electrons. The van der Waals surface area contributed by atoms with E-state index in [9.17, 15) is 9.90 Å². The molecule has 2 bridgehead atoms. The Morgan fingerprint density at radius 1 is 1.09 bits per heavy atom. The van der Waals surface area contributed by atoms with E-state index >= 15 is 0 Å². The number of hydrogen-bond acceptors (Lipinski definition) is 4. The third-order valence-corrected chi connectivity index (χ3v) is 8.34. The maximum absolute atomic E-state index is 13.2. The van der Waals surface area contributed by atoms with Gasteiger partial charge in [-0.2, -0.15) is 0 Å². The molecule has 2 unspecified atom stereocenters. The fraction of sp³-hybridized carbons (Fsp3) is 0.269. The summed E-state index contributed by atoms with van der Waals surface area (Å²) in [5.41, 5.74) is 10.8. The summed E-state index contributed by atoms with van der Waals surface area (Å²) in [7, 11) is 0. The lowest BCUT2D eigenvalue weighted by atomic mass is 9.87. The lowest BCUT2D eigenvalue weighted by molar-refractivity contribution is -0.129. The second-order valence-corrected chi connectivity index (χ2v) is 9.80. The summed E-state index contributed by atoms with van der Waals surface area (Å²) < 4.78 is 11.2. The second-order valence-electron chi connectivity index (χ2n) is 9.80. The molecule has 33 heavy (non-hydrogen) atoms. The van der Waals surface area contributed by atoms with Gasteiger partial charge in [0.2, 0.25) is 0 Å². The van der Waals surface area contributed by atoms with Gasteiger partial charge in [-0.05, 0) is 24.6 Å². The topological polar surface area (TPSA) is 94.4 Å². The number of fused-ring (bicyclic) bond motifs is 13. The predicted molar refractivity (Wildman–Crippen MR) is 126 cm³/mol. The molecule has 5 aromatic rings. The number of carbonyl (C=O) groups is 1. The normalized spacial score (nSPS) is 27.8. The number of rotatable bonds is 1. The minimum Gasteiger partial charge on any atom is -0.394 e. The van der Waals surface area contributed by atoms with Gasteiger partial charge in [0.1, 0.15) is 6.23 Å². The first-order valence-electron chi connectivity index (χ1n) is 11.4. The van der Waals surface area contributed by atoms with E-state index in [1.54, 1.807) is 0 Å². The molecule has 3 aliphatic heterocycles. The van der Waals surface area contributed by atoms with Crippen LogP contribution in [-0.4, -0.2) is 32.3 Å². The summed E-state index contributed by atoms with van der Waals surface area (Å²) in [6.45, 7) is 2.28. The van der Waals surface area contributed by atoms with Crippen LogP contribution in [0, 0.1) is 0 Å². The first-order valence-corrected chi connectivity index (χ1v) is 11.4. The van der Waals surface area contributed by atoms with Crippen molar-refractivity contribution < 1.29 is 14.6 Å². The lowest BCUT2D eigenvalue weighted by Gasteiger charge is -2.39. The molecule has 8 rings (SSSR count). The third-order valence-electron chi connectivity index (χ3n) is 8.34. The number of aliphatic hydroxyl groups is 1. The van der Waals surface area contributed by atoms with E-state index < -0.39 is 11.3 Å². The number of benzene rings is 3. The van der Waals surface area contributed by atoms with Crippen LogP contribution in [-0.2, 0) is 17.0 Å². The number of amides is 1. The Balaban J connectivity index is 1.78. The van der Waals surface area contributed by atoms with Gasteiger partial charge in [-0.25, -0.2) is 0 Å². The molecule has 7 nitrogen and oxygen atoms in total. The van der Waals surface area contributed by atoms with Gasteiger partial charge in [-0.1, -0.05) is 36.4 Å². The lowest BCUT2D eigenvalue weighted by Crippen LogP contribution is -2.59. The summed E-state index contributed by atoms with van der Waals surface area (Å²) in [6, 6.07) is 16.4. The SMILES string of the molecule is CC12OC(C[C@]1(N)CO)n1c3ccccc3c3c4c(c5c6ccccc6n2c5c31)CNC4=O. The van der Waals surface area contributed by atoms with E-state index in [0.29, 0.717) is 13.0 Å². The third kappa shape index (κ3) is 1.75. The Bertz CT molecular complexity index is 1730. The molecule has 0 aliphatic carbocycles. The summed E-state index contributed by atoms with van der Waals surface area (Å²) in [4.78, 5) is 13.2. The molecule has 1 fully saturated rings. The van der Waals surface area contributed by atoms with Gasteiger partial charge in [-0.15, -0.1) is 0 Å². The number of nitrogens with one attached hydrogen (secondary N) is 1. The van der Waals surface area contributed by atoms with Crippen LogP contribution in [0.25, 0.3) is 43.6 Å². The molecule has 0 saturated carbocycles.